The van der Waals surface area contributed by atoms with Crippen LogP contribution in [0.25, 0.3) is 11.0 Å². The van der Waals surface area contributed by atoms with Crippen molar-refractivity contribution in [3.8, 4) is 5.75 Å². The molecule has 1 aromatic carbocycles. The summed E-state index contributed by atoms with van der Waals surface area (Å²) >= 11 is 1.44. The summed E-state index contributed by atoms with van der Waals surface area (Å²) in [6.45, 7) is 4.19. The van der Waals surface area contributed by atoms with Gasteiger partial charge in [-0.15, -0.1) is 11.8 Å². The molecule has 8 nitrogen and oxygen atoms in total. The van der Waals surface area contributed by atoms with Gasteiger partial charge in [-0.05, 0) is 29.9 Å². The summed E-state index contributed by atoms with van der Waals surface area (Å²) in [5, 5.41) is 15.4. The zero-order chi connectivity index (χ0) is 20.3. The molecule has 0 aliphatic carbocycles. The van der Waals surface area contributed by atoms with Gasteiger partial charge in [-0.3, -0.25) is 19.0 Å². The second-order valence-electron chi connectivity index (χ2n) is 6.40. The van der Waals surface area contributed by atoms with Crippen LogP contribution in [0.15, 0.2) is 38.9 Å². The highest BCUT2D eigenvalue weighted by Gasteiger charge is 2.19. The van der Waals surface area contributed by atoms with Crippen LogP contribution in [0.2, 0.25) is 0 Å². The highest BCUT2D eigenvalue weighted by molar-refractivity contribution is 7.99. The largest absolute Gasteiger partial charge is 0.491 e. The molecule has 3 rings (SSSR count). The third-order valence-corrected chi connectivity index (χ3v) is 5.25. The second-order valence-corrected chi connectivity index (χ2v) is 7.65. The molecule has 2 heterocycles. The van der Waals surface area contributed by atoms with E-state index in [0.29, 0.717) is 16.3 Å². The number of aromatic nitrogens is 4. The number of aromatic amines is 1. The van der Waals surface area contributed by atoms with Crippen LogP contribution in [0.5, 0.6) is 5.75 Å². The SMILES string of the molecule is CCSc1nn(CC(O)COc2ccc(CC)cc2)c2c(=O)[nH]c(=O)n(C)c12. The van der Waals surface area contributed by atoms with Crippen molar-refractivity contribution < 1.29 is 9.84 Å². The van der Waals surface area contributed by atoms with E-state index in [1.54, 1.807) is 7.05 Å². The molecule has 0 saturated heterocycles. The van der Waals surface area contributed by atoms with Crippen molar-refractivity contribution in [3.05, 3.63) is 50.7 Å². The van der Waals surface area contributed by atoms with E-state index in [9.17, 15) is 14.7 Å². The van der Waals surface area contributed by atoms with Crippen molar-refractivity contribution in [1.29, 1.82) is 0 Å². The Balaban J connectivity index is 1.82. The molecule has 2 aromatic heterocycles. The Labute approximate surface area is 166 Å². The molecule has 0 fully saturated rings. The minimum Gasteiger partial charge on any atom is -0.491 e. The van der Waals surface area contributed by atoms with Gasteiger partial charge in [0, 0.05) is 7.05 Å². The molecule has 1 unspecified atom stereocenters. The van der Waals surface area contributed by atoms with Crippen LogP contribution >= 0.6 is 11.8 Å². The molecule has 150 valence electrons. The number of aliphatic hydroxyl groups is 1. The summed E-state index contributed by atoms with van der Waals surface area (Å²) in [6.07, 6.45) is 0.0785. The minimum absolute atomic E-state index is 0.0622. The first-order valence-corrected chi connectivity index (χ1v) is 10.2. The number of H-pyrrole nitrogens is 1. The van der Waals surface area contributed by atoms with Gasteiger partial charge in [0.15, 0.2) is 5.52 Å². The Morgan fingerprint density at radius 1 is 1.21 bits per heavy atom. The van der Waals surface area contributed by atoms with E-state index in [4.69, 9.17) is 4.74 Å². The zero-order valence-electron chi connectivity index (χ0n) is 16.1. The maximum atomic E-state index is 12.4. The van der Waals surface area contributed by atoms with Crippen molar-refractivity contribution in [2.45, 2.75) is 37.9 Å². The summed E-state index contributed by atoms with van der Waals surface area (Å²) < 4.78 is 8.46. The maximum absolute atomic E-state index is 12.4. The Bertz CT molecular complexity index is 1070. The molecule has 0 bridgehead atoms. The fraction of sp³-hybridized carbons (Fsp3) is 0.421. The molecule has 0 aliphatic rings. The molecular weight excluding hydrogens is 380 g/mol. The summed E-state index contributed by atoms with van der Waals surface area (Å²) in [7, 11) is 1.59. The third kappa shape index (κ3) is 4.15. The first-order chi connectivity index (χ1) is 13.4. The summed E-state index contributed by atoms with van der Waals surface area (Å²) in [6, 6.07) is 7.70. The normalized spacial score (nSPS) is 12.4. The number of ether oxygens (including phenoxy) is 1. The standard InChI is InChI=1S/C19H24N4O4S/c1-4-12-6-8-14(9-7-12)27-11-13(24)10-23-15-16(18(21-23)28-5-2)22(3)19(26)20-17(15)25/h6-9,13,24H,4-5,10-11H2,1-3H3,(H,20,25,26). The smallest absolute Gasteiger partial charge is 0.328 e. The molecule has 0 saturated carbocycles. The molecular formula is C19H24N4O4S. The van der Waals surface area contributed by atoms with Gasteiger partial charge in [-0.1, -0.05) is 26.0 Å². The molecule has 0 aliphatic heterocycles. The molecule has 3 aromatic rings. The quantitative estimate of drug-likeness (QED) is 0.552. The van der Waals surface area contributed by atoms with Gasteiger partial charge in [0.1, 0.15) is 29.0 Å². The van der Waals surface area contributed by atoms with Crippen molar-refractivity contribution >= 4 is 22.8 Å². The molecule has 0 radical (unpaired) electrons. The molecule has 2 N–H and O–H groups in total. The predicted molar refractivity (Wildman–Crippen MR) is 109 cm³/mol. The van der Waals surface area contributed by atoms with Gasteiger partial charge < -0.3 is 9.84 Å². The van der Waals surface area contributed by atoms with Gasteiger partial charge in [0.05, 0.1) is 6.54 Å². The first-order valence-electron chi connectivity index (χ1n) is 9.17. The molecule has 1 atom stereocenters. The average molecular weight is 404 g/mol. The number of hydrogen-bond donors (Lipinski definition) is 2. The van der Waals surface area contributed by atoms with Crippen molar-refractivity contribution in [1.82, 2.24) is 19.3 Å². The molecule has 0 amide bonds. The number of aryl methyl sites for hydroxylation is 2. The Kier molecular flexibility index (Phi) is 6.25. The number of hydrogen-bond acceptors (Lipinski definition) is 6. The molecule has 0 spiro atoms. The van der Waals surface area contributed by atoms with Gasteiger partial charge in [0.2, 0.25) is 0 Å². The van der Waals surface area contributed by atoms with E-state index in [0.717, 1.165) is 12.2 Å². The lowest BCUT2D eigenvalue weighted by Crippen LogP contribution is -2.30. The maximum Gasteiger partial charge on any atom is 0.328 e. The predicted octanol–water partition coefficient (Wildman–Crippen LogP) is 1.54. The average Bonchev–Trinajstić information content (AvgIpc) is 3.03. The Hall–Kier alpha value is -2.52. The number of nitrogens with one attached hydrogen (secondary N) is 1. The van der Waals surface area contributed by atoms with Crippen LogP contribution in [0, 0.1) is 0 Å². The van der Waals surface area contributed by atoms with Gasteiger partial charge in [-0.2, -0.15) is 5.10 Å². The number of rotatable bonds is 8. The lowest BCUT2D eigenvalue weighted by atomic mass is 10.2. The first kappa shape index (κ1) is 20.2. The van der Waals surface area contributed by atoms with Gasteiger partial charge in [0.25, 0.3) is 5.56 Å². The van der Waals surface area contributed by atoms with Crippen molar-refractivity contribution in [3.63, 3.8) is 0 Å². The number of benzene rings is 1. The van der Waals surface area contributed by atoms with E-state index in [1.807, 2.05) is 31.2 Å². The van der Waals surface area contributed by atoms with Crippen LogP contribution in [0.4, 0.5) is 0 Å². The van der Waals surface area contributed by atoms with Crippen molar-refractivity contribution in [2.75, 3.05) is 12.4 Å². The van der Waals surface area contributed by atoms with Gasteiger partial charge in [-0.25, -0.2) is 4.79 Å². The highest BCUT2D eigenvalue weighted by atomic mass is 32.2. The molecule has 28 heavy (non-hydrogen) atoms. The van der Waals surface area contributed by atoms with Crippen molar-refractivity contribution in [2.24, 2.45) is 7.05 Å². The van der Waals surface area contributed by atoms with Gasteiger partial charge >= 0.3 is 5.69 Å². The molecule has 9 heteroatoms. The van der Waals surface area contributed by atoms with Crippen LogP contribution in [-0.4, -0.2) is 42.9 Å². The summed E-state index contributed by atoms with van der Waals surface area (Å²) in [4.78, 5) is 26.6. The number of thioether (sulfide) groups is 1. The fourth-order valence-corrected chi connectivity index (χ4v) is 3.73. The zero-order valence-corrected chi connectivity index (χ0v) is 17.0. The minimum atomic E-state index is -0.870. The van der Waals surface area contributed by atoms with E-state index >= 15 is 0 Å². The van der Waals surface area contributed by atoms with E-state index in [1.165, 1.54) is 26.6 Å². The topological polar surface area (TPSA) is 102 Å². The lowest BCUT2D eigenvalue weighted by molar-refractivity contribution is 0.0901. The van der Waals surface area contributed by atoms with Crippen LogP contribution < -0.4 is 16.0 Å². The monoisotopic (exact) mass is 404 g/mol. The number of aliphatic hydroxyl groups excluding tert-OH is 1. The van der Waals surface area contributed by atoms with Crippen LogP contribution in [-0.2, 0) is 20.0 Å². The Morgan fingerprint density at radius 3 is 2.57 bits per heavy atom. The summed E-state index contributed by atoms with van der Waals surface area (Å²) in [5.41, 5.74) is 0.946. The van der Waals surface area contributed by atoms with Crippen LogP contribution in [0.3, 0.4) is 0 Å². The summed E-state index contributed by atoms with van der Waals surface area (Å²) in [5.74, 6) is 1.41. The third-order valence-electron chi connectivity index (χ3n) is 4.41. The lowest BCUT2D eigenvalue weighted by Gasteiger charge is -2.13. The highest BCUT2D eigenvalue weighted by Crippen LogP contribution is 2.24. The van der Waals surface area contributed by atoms with E-state index < -0.39 is 17.4 Å². The number of fused-ring (bicyclic) bond motifs is 1. The number of nitrogens with zero attached hydrogens (tertiary/aromatic N) is 3. The Morgan fingerprint density at radius 2 is 1.93 bits per heavy atom. The second kappa shape index (κ2) is 8.66. The van der Waals surface area contributed by atoms with E-state index in [-0.39, 0.29) is 18.7 Å². The fourth-order valence-electron chi connectivity index (χ4n) is 2.93. The van der Waals surface area contributed by atoms with E-state index in [2.05, 4.69) is 17.0 Å². The van der Waals surface area contributed by atoms with Crippen LogP contribution in [0.1, 0.15) is 19.4 Å².